The maximum Gasteiger partial charge on any atom is 0.338 e. The minimum atomic E-state index is -1.13. The third kappa shape index (κ3) is 6.49. The Balaban J connectivity index is 1.98. The molecule has 40 heavy (non-hydrogen) atoms. The SMILES string of the molecule is CC(=O)ON1C(C)(C)CC(OC(=O)c2cccc(C(=O)O)c2C2CC(C)(C)N(OC(C)=O)C(C)(C)C2)CC1(C)C. The largest absolute Gasteiger partial charge is 0.478 e. The number of hydroxylamine groups is 4. The van der Waals surface area contributed by atoms with Crippen molar-refractivity contribution in [2.75, 3.05) is 0 Å². The molecule has 0 radical (unpaired) electrons. The Hall–Kier alpha value is -2.98. The molecule has 2 saturated heterocycles. The number of hydrogen-bond donors (Lipinski definition) is 1. The molecule has 3 rings (SSSR count). The fourth-order valence-electron chi connectivity index (χ4n) is 7.06. The first-order valence-corrected chi connectivity index (χ1v) is 13.7. The number of aromatic carboxylic acids is 1. The quantitative estimate of drug-likeness (QED) is 0.461. The Labute approximate surface area is 236 Å². The molecule has 0 unspecified atom stereocenters. The van der Waals surface area contributed by atoms with E-state index in [1.54, 1.807) is 22.3 Å². The lowest BCUT2D eigenvalue weighted by molar-refractivity contribution is -0.274. The number of benzene rings is 1. The molecule has 0 amide bonds. The molecule has 1 N–H and O–H groups in total. The van der Waals surface area contributed by atoms with Gasteiger partial charge < -0.3 is 19.5 Å². The van der Waals surface area contributed by atoms with Gasteiger partial charge in [-0.05, 0) is 91.8 Å². The first-order chi connectivity index (χ1) is 18.2. The third-order valence-electron chi connectivity index (χ3n) is 7.82. The van der Waals surface area contributed by atoms with Crippen LogP contribution in [0.25, 0.3) is 0 Å². The summed E-state index contributed by atoms with van der Waals surface area (Å²) in [5.41, 5.74) is -1.79. The van der Waals surface area contributed by atoms with Crippen molar-refractivity contribution in [2.45, 2.75) is 129 Å². The Morgan fingerprint density at radius 1 is 0.725 bits per heavy atom. The highest BCUT2D eigenvalue weighted by Crippen LogP contribution is 2.48. The molecule has 1 aromatic rings. The van der Waals surface area contributed by atoms with E-state index in [-0.39, 0.29) is 17.0 Å². The summed E-state index contributed by atoms with van der Waals surface area (Å²) in [4.78, 5) is 60.9. The molecule has 2 aliphatic rings. The molecule has 0 aliphatic carbocycles. The van der Waals surface area contributed by atoms with Gasteiger partial charge in [0.25, 0.3) is 0 Å². The summed E-state index contributed by atoms with van der Waals surface area (Å²) in [6, 6.07) is 4.69. The lowest BCUT2D eigenvalue weighted by Crippen LogP contribution is -2.62. The molecule has 10 heteroatoms. The maximum absolute atomic E-state index is 13.8. The second-order valence-electron chi connectivity index (χ2n) is 13.6. The number of carboxylic acid groups (broad SMARTS) is 1. The zero-order valence-electron chi connectivity index (χ0n) is 25.4. The van der Waals surface area contributed by atoms with Gasteiger partial charge in [0.15, 0.2) is 0 Å². The Kier molecular flexibility index (Phi) is 8.50. The number of hydrogen-bond acceptors (Lipinski definition) is 9. The van der Waals surface area contributed by atoms with E-state index in [9.17, 15) is 24.3 Å². The highest BCUT2D eigenvalue weighted by atomic mass is 16.7. The lowest BCUT2D eigenvalue weighted by Gasteiger charge is -2.53. The second-order valence-corrected chi connectivity index (χ2v) is 13.6. The first kappa shape index (κ1) is 31.5. The van der Waals surface area contributed by atoms with Gasteiger partial charge in [-0.15, -0.1) is 10.1 Å². The van der Waals surface area contributed by atoms with Crippen LogP contribution in [-0.4, -0.2) is 67.4 Å². The molecule has 2 aliphatic heterocycles. The van der Waals surface area contributed by atoms with Crippen LogP contribution < -0.4 is 0 Å². The molecular formula is C30H44N2O8. The average Bonchev–Trinajstić information content (AvgIpc) is 2.77. The van der Waals surface area contributed by atoms with Crippen molar-refractivity contribution in [3.05, 3.63) is 34.9 Å². The van der Waals surface area contributed by atoms with E-state index in [0.717, 1.165) is 0 Å². The molecule has 1 aromatic carbocycles. The highest BCUT2D eigenvalue weighted by molar-refractivity contribution is 5.98. The number of esters is 1. The van der Waals surface area contributed by atoms with Gasteiger partial charge in [0, 0.05) is 26.7 Å². The van der Waals surface area contributed by atoms with Gasteiger partial charge in [0.2, 0.25) is 0 Å². The standard InChI is InChI=1S/C30H44N2O8/c1-18(33)39-31-27(3,4)14-20(15-28(31,5)6)24-22(25(35)36)12-11-13-23(24)26(37)38-21-16-29(7,8)32(40-19(2)34)30(9,10)17-21/h11-13,20-21H,14-17H2,1-10H3,(H,35,36). The van der Waals surface area contributed by atoms with Crippen LogP contribution in [-0.2, 0) is 24.0 Å². The van der Waals surface area contributed by atoms with Gasteiger partial charge in [-0.1, -0.05) is 6.07 Å². The first-order valence-electron chi connectivity index (χ1n) is 13.7. The molecule has 10 nitrogen and oxygen atoms in total. The van der Waals surface area contributed by atoms with Gasteiger partial charge in [-0.3, -0.25) is 9.59 Å². The van der Waals surface area contributed by atoms with Gasteiger partial charge in [0.05, 0.1) is 33.3 Å². The molecule has 0 aromatic heterocycles. The van der Waals surface area contributed by atoms with Crippen LogP contribution in [0.2, 0.25) is 0 Å². The molecule has 0 bridgehead atoms. The summed E-state index contributed by atoms with van der Waals surface area (Å²) in [7, 11) is 0. The Bertz CT molecular complexity index is 1150. The Morgan fingerprint density at radius 3 is 1.52 bits per heavy atom. The van der Waals surface area contributed by atoms with Gasteiger partial charge in [-0.2, -0.15) is 0 Å². The van der Waals surface area contributed by atoms with E-state index >= 15 is 0 Å². The van der Waals surface area contributed by atoms with Crippen LogP contribution in [0.4, 0.5) is 0 Å². The molecule has 0 atom stereocenters. The highest BCUT2D eigenvalue weighted by Gasteiger charge is 2.51. The molecule has 2 fully saturated rings. The van der Waals surface area contributed by atoms with Crippen LogP contribution in [0.3, 0.4) is 0 Å². The van der Waals surface area contributed by atoms with Gasteiger partial charge >= 0.3 is 23.9 Å². The topological polar surface area (TPSA) is 123 Å². The number of piperidine rings is 2. The van der Waals surface area contributed by atoms with Crippen LogP contribution in [0.15, 0.2) is 18.2 Å². The van der Waals surface area contributed by atoms with Crippen LogP contribution >= 0.6 is 0 Å². The molecule has 2 heterocycles. The van der Waals surface area contributed by atoms with E-state index in [0.29, 0.717) is 31.2 Å². The number of carboxylic acids is 1. The summed E-state index contributed by atoms with van der Waals surface area (Å²) in [6.45, 7) is 18.2. The summed E-state index contributed by atoms with van der Waals surface area (Å²) in [5.74, 6) is -2.88. The van der Waals surface area contributed by atoms with E-state index in [1.165, 1.54) is 19.9 Å². The second kappa shape index (κ2) is 10.8. The zero-order valence-corrected chi connectivity index (χ0v) is 25.4. The summed E-state index contributed by atoms with van der Waals surface area (Å²) < 4.78 is 6.07. The molecule has 0 saturated carbocycles. The number of carbonyl (C=O) groups excluding carboxylic acids is 3. The fraction of sp³-hybridized carbons (Fsp3) is 0.667. The summed E-state index contributed by atoms with van der Waals surface area (Å²) >= 11 is 0. The van der Waals surface area contributed by atoms with E-state index < -0.39 is 52.1 Å². The monoisotopic (exact) mass is 560 g/mol. The van der Waals surface area contributed by atoms with Crippen molar-refractivity contribution in [2.24, 2.45) is 0 Å². The van der Waals surface area contributed by atoms with Crippen molar-refractivity contribution in [3.8, 4) is 0 Å². The van der Waals surface area contributed by atoms with Crippen molar-refractivity contribution in [1.82, 2.24) is 10.1 Å². The van der Waals surface area contributed by atoms with Crippen LogP contribution in [0, 0.1) is 0 Å². The van der Waals surface area contributed by atoms with Gasteiger partial charge in [-0.25, -0.2) is 9.59 Å². The number of nitrogens with zero attached hydrogens (tertiary/aromatic N) is 2. The molecular weight excluding hydrogens is 516 g/mol. The maximum atomic E-state index is 13.8. The van der Waals surface area contributed by atoms with E-state index in [1.807, 2.05) is 55.4 Å². The Morgan fingerprint density at radius 2 is 1.12 bits per heavy atom. The van der Waals surface area contributed by atoms with Crippen molar-refractivity contribution in [1.29, 1.82) is 0 Å². The van der Waals surface area contributed by atoms with Crippen LogP contribution in [0.5, 0.6) is 0 Å². The lowest BCUT2D eigenvalue weighted by atomic mass is 9.70. The predicted octanol–water partition coefficient (Wildman–Crippen LogP) is 5.26. The summed E-state index contributed by atoms with van der Waals surface area (Å²) in [5, 5.41) is 13.5. The minimum absolute atomic E-state index is 0.0531. The molecule has 222 valence electrons. The fourth-order valence-corrected chi connectivity index (χ4v) is 7.06. The third-order valence-corrected chi connectivity index (χ3v) is 7.82. The number of ether oxygens (including phenoxy) is 1. The summed E-state index contributed by atoms with van der Waals surface area (Å²) in [6.07, 6.45) is 1.27. The van der Waals surface area contributed by atoms with E-state index in [4.69, 9.17) is 14.4 Å². The average molecular weight is 561 g/mol. The van der Waals surface area contributed by atoms with Crippen molar-refractivity contribution < 1.29 is 38.7 Å². The van der Waals surface area contributed by atoms with Crippen LogP contribution in [0.1, 0.15) is 127 Å². The van der Waals surface area contributed by atoms with E-state index in [2.05, 4.69) is 0 Å². The predicted molar refractivity (Wildman–Crippen MR) is 147 cm³/mol. The molecule has 0 spiro atoms. The van der Waals surface area contributed by atoms with Crippen molar-refractivity contribution in [3.63, 3.8) is 0 Å². The van der Waals surface area contributed by atoms with Gasteiger partial charge in [0.1, 0.15) is 6.10 Å². The smallest absolute Gasteiger partial charge is 0.338 e. The number of carbonyl (C=O) groups is 4. The zero-order chi connectivity index (χ0) is 30.4. The van der Waals surface area contributed by atoms with Crippen molar-refractivity contribution >= 4 is 23.9 Å². The normalized spacial score (nSPS) is 22.8. The minimum Gasteiger partial charge on any atom is -0.478 e. The number of rotatable bonds is 6.